The monoisotopic (exact) mass is 399 g/mol. The molecular weight excluding hydrogens is 370 g/mol. The molecular formula is C20H29N7S. The van der Waals surface area contributed by atoms with E-state index in [4.69, 9.17) is 4.98 Å². The lowest BCUT2D eigenvalue weighted by Gasteiger charge is -2.39. The van der Waals surface area contributed by atoms with E-state index in [0.717, 1.165) is 49.1 Å². The first-order valence-corrected chi connectivity index (χ1v) is 11.0. The number of benzene rings is 1. The number of anilines is 1. The van der Waals surface area contributed by atoms with Crippen molar-refractivity contribution in [3.63, 3.8) is 0 Å². The van der Waals surface area contributed by atoms with E-state index in [1.165, 1.54) is 4.70 Å². The van der Waals surface area contributed by atoms with E-state index in [-0.39, 0.29) is 12.1 Å². The molecule has 0 aliphatic carbocycles. The van der Waals surface area contributed by atoms with Crippen molar-refractivity contribution in [3.05, 3.63) is 30.1 Å². The molecule has 3 aromatic rings. The third kappa shape index (κ3) is 3.89. The molecule has 1 aliphatic rings. The lowest BCUT2D eigenvalue weighted by atomic mass is 10.0. The number of hydrogen-bond acceptors (Lipinski definition) is 7. The summed E-state index contributed by atoms with van der Waals surface area (Å²) >= 11 is 1.79. The smallest absolute Gasteiger partial charge is 0.186 e. The maximum absolute atomic E-state index is 4.83. The van der Waals surface area contributed by atoms with Gasteiger partial charge in [0.25, 0.3) is 0 Å². The lowest BCUT2D eigenvalue weighted by molar-refractivity contribution is 0.151. The van der Waals surface area contributed by atoms with Crippen molar-refractivity contribution in [1.29, 1.82) is 0 Å². The third-order valence-electron chi connectivity index (χ3n) is 5.31. The van der Waals surface area contributed by atoms with Crippen LogP contribution in [0.15, 0.2) is 24.3 Å². The number of piperazine rings is 1. The van der Waals surface area contributed by atoms with Crippen molar-refractivity contribution in [2.75, 3.05) is 31.1 Å². The van der Waals surface area contributed by atoms with E-state index in [9.17, 15) is 0 Å². The van der Waals surface area contributed by atoms with Crippen LogP contribution < -0.4 is 4.90 Å². The Bertz CT molecular complexity index is 875. The van der Waals surface area contributed by atoms with Gasteiger partial charge in [-0.2, -0.15) is 0 Å². The first-order valence-electron chi connectivity index (χ1n) is 10.1. The fraction of sp³-hybridized carbons (Fsp3) is 0.600. The molecule has 0 N–H and O–H groups in total. The lowest BCUT2D eigenvalue weighted by Crippen LogP contribution is -2.48. The number of tetrazole rings is 1. The summed E-state index contributed by atoms with van der Waals surface area (Å²) in [6.45, 7) is 12.8. The van der Waals surface area contributed by atoms with Gasteiger partial charge in [-0.25, -0.2) is 9.67 Å². The number of rotatable bonds is 6. The van der Waals surface area contributed by atoms with Gasteiger partial charge in [-0.1, -0.05) is 37.3 Å². The van der Waals surface area contributed by atoms with E-state index >= 15 is 0 Å². The van der Waals surface area contributed by atoms with Gasteiger partial charge in [-0.15, -0.1) is 5.10 Å². The number of aromatic nitrogens is 5. The standard InChI is InChI=1S/C20H29N7S/c1-14(2)13-17(19-22-23-24-27(19)15(3)4)25-9-11-26(12-10-25)20-21-16-7-5-6-8-18(16)28-20/h5-8,14-15,17H,9-13H2,1-4H3/t17-/m1/s1. The van der Waals surface area contributed by atoms with Crippen molar-refractivity contribution >= 4 is 26.7 Å². The Hall–Kier alpha value is -2.06. The Balaban J connectivity index is 1.50. The minimum atomic E-state index is 0.259. The van der Waals surface area contributed by atoms with Crippen LogP contribution in [-0.2, 0) is 0 Å². The average molecular weight is 400 g/mol. The molecule has 150 valence electrons. The van der Waals surface area contributed by atoms with Gasteiger partial charge in [0.2, 0.25) is 0 Å². The Morgan fingerprint density at radius 3 is 2.46 bits per heavy atom. The molecule has 1 aliphatic heterocycles. The molecule has 2 aromatic heterocycles. The van der Waals surface area contributed by atoms with Crippen LogP contribution >= 0.6 is 11.3 Å². The number of fused-ring (bicyclic) bond motifs is 1. The number of nitrogens with zero attached hydrogens (tertiary/aromatic N) is 7. The van der Waals surface area contributed by atoms with Gasteiger partial charge < -0.3 is 4.90 Å². The summed E-state index contributed by atoms with van der Waals surface area (Å²) in [4.78, 5) is 9.80. The first kappa shape index (κ1) is 19.3. The molecule has 1 fully saturated rings. The zero-order chi connectivity index (χ0) is 19.7. The van der Waals surface area contributed by atoms with Crippen LogP contribution in [0.3, 0.4) is 0 Å². The molecule has 8 heteroatoms. The summed E-state index contributed by atoms with van der Waals surface area (Å²) in [5, 5.41) is 13.7. The van der Waals surface area contributed by atoms with Crippen molar-refractivity contribution in [2.24, 2.45) is 5.92 Å². The summed E-state index contributed by atoms with van der Waals surface area (Å²) in [6.07, 6.45) is 1.06. The van der Waals surface area contributed by atoms with Crippen LogP contribution in [0, 0.1) is 5.92 Å². The molecule has 1 aromatic carbocycles. The number of hydrogen-bond donors (Lipinski definition) is 0. The molecule has 0 spiro atoms. The summed E-state index contributed by atoms with van der Waals surface area (Å²) in [7, 11) is 0. The van der Waals surface area contributed by atoms with Crippen molar-refractivity contribution < 1.29 is 0 Å². The number of para-hydroxylation sites is 1. The van der Waals surface area contributed by atoms with Gasteiger partial charge >= 0.3 is 0 Å². The van der Waals surface area contributed by atoms with Gasteiger partial charge in [-0.05, 0) is 48.7 Å². The van der Waals surface area contributed by atoms with E-state index in [0.29, 0.717) is 5.92 Å². The number of thiazole rings is 1. The highest BCUT2D eigenvalue weighted by Crippen LogP contribution is 2.32. The maximum Gasteiger partial charge on any atom is 0.186 e. The van der Waals surface area contributed by atoms with E-state index in [2.05, 4.69) is 77.3 Å². The van der Waals surface area contributed by atoms with Crippen molar-refractivity contribution in [2.45, 2.75) is 46.2 Å². The van der Waals surface area contributed by atoms with Gasteiger partial charge in [0.15, 0.2) is 11.0 Å². The quantitative estimate of drug-likeness (QED) is 0.629. The molecule has 3 heterocycles. The SMILES string of the molecule is CC(C)C[C@H](c1nnnn1C(C)C)N1CCN(c2nc3ccccc3s2)CC1. The van der Waals surface area contributed by atoms with E-state index < -0.39 is 0 Å². The molecule has 0 radical (unpaired) electrons. The summed E-state index contributed by atoms with van der Waals surface area (Å²) in [5.41, 5.74) is 1.10. The van der Waals surface area contributed by atoms with Crippen LogP contribution in [0.25, 0.3) is 10.2 Å². The minimum absolute atomic E-state index is 0.259. The Kier molecular flexibility index (Phi) is 5.59. The summed E-state index contributed by atoms with van der Waals surface area (Å²) < 4.78 is 3.24. The summed E-state index contributed by atoms with van der Waals surface area (Å²) in [6, 6.07) is 8.91. The third-order valence-corrected chi connectivity index (χ3v) is 6.41. The van der Waals surface area contributed by atoms with Gasteiger partial charge in [-0.3, -0.25) is 4.90 Å². The van der Waals surface area contributed by atoms with Crippen LogP contribution in [0.4, 0.5) is 5.13 Å². The second kappa shape index (κ2) is 8.13. The molecule has 7 nitrogen and oxygen atoms in total. The fourth-order valence-electron chi connectivity index (χ4n) is 3.87. The molecule has 1 saturated heterocycles. The van der Waals surface area contributed by atoms with Gasteiger partial charge in [0, 0.05) is 26.2 Å². The maximum atomic E-state index is 4.83. The highest BCUT2D eigenvalue weighted by molar-refractivity contribution is 7.22. The Labute approximate surface area is 170 Å². The van der Waals surface area contributed by atoms with Crippen LogP contribution in [-0.4, -0.2) is 56.3 Å². The molecule has 0 amide bonds. The minimum Gasteiger partial charge on any atom is -0.345 e. The molecule has 0 unspecified atom stereocenters. The average Bonchev–Trinajstić information content (AvgIpc) is 3.33. The molecule has 28 heavy (non-hydrogen) atoms. The predicted molar refractivity (Wildman–Crippen MR) is 114 cm³/mol. The highest BCUT2D eigenvalue weighted by Gasteiger charge is 2.31. The Morgan fingerprint density at radius 1 is 1.04 bits per heavy atom. The largest absolute Gasteiger partial charge is 0.345 e. The second-order valence-corrected chi connectivity index (χ2v) is 9.22. The topological polar surface area (TPSA) is 63.0 Å². The molecule has 4 rings (SSSR count). The van der Waals surface area contributed by atoms with Crippen LogP contribution in [0.5, 0.6) is 0 Å². The molecule has 1 atom stereocenters. The fourth-order valence-corrected chi connectivity index (χ4v) is 4.89. The predicted octanol–water partition coefficient (Wildman–Crippen LogP) is 3.77. The van der Waals surface area contributed by atoms with Crippen LogP contribution in [0.1, 0.15) is 52.0 Å². The van der Waals surface area contributed by atoms with Crippen molar-refractivity contribution in [1.82, 2.24) is 30.1 Å². The van der Waals surface area contributed by atoms with E-state index in [1.54, 1.807) is 11.3 Å². The first-order chi connectivity index (χ1) is 13.5. The summed E-state index contributed by atoms with van der Waals surface area (Å²) in [5.74, 6) is 1.58. The van der Waals surface area contributed by atoms with Crippen LogP contribution in [0.2, 0.25) is 0 Å². The van der Waals surface area contributed by atoms with Gasteiger partial charge in [0.1, 0.15) is 0 Å². The Morgan fingerprint density at radius 2 is 1.79 bits per heavy atom. The van der Waals surface area contributed by atoms with E-state index in [1.807, 2.05) is 4.68 Å². The zero-order valence-electron chi connectivity index (χ0n) is 17.1. The normalized spacial score (nSPS) is 17.1. The highest BCUT2D eigenvalue weighted by atomic mass is 32.1. The van der Waals surface area contributed by atoms with Gasteiger partial charge in [0.05, 0.1) is 22.3 Å². The molecule has 0 bridgehead atoms. The van der Waals surface area contributed by atoms with Crippen molar-refractivity contribution in [3.8, 4) is 0 Å². The zero-order valence-corrected chi connectivity index (χ0v) is 17.9. The molecule has 0 saturated carbocycles. The second-order valence-electron chi connectivity index (χ2n) is 8.21.